The Morgan fingerprint density at radius 1 is 1.36 bits per heavy atom. The van der Waals surface area contributed by atoms with Crippen LogP contribution in [0.5, 0.6) is 0 Å². The molecule has 1 heterocycles. The minimum absolute atomic E-state index is 0.888. The lowest BCUT2D eigenvalue weighted by atomic mass is 10.0. The molecule has 0 aromatic rings. The number of likely N-dealkylation sites (tertiary alicyclic amines) is 1. The molecule has 1 rings (SSSR count). The second kappa shape index (κ2) is 6.41. The summed E-state index contributed by atoms with van der Waals surface area (Å²) in [5.74, 6) is 0. The Bertz CT molecular complexity index is 90.9. The van der Waals surface area contributed by atoms with E-state index in [9.17, 15) is 0 Å². The van der Waals surface area contributed by atoms with Crippen molar-refractivity contribution in [1.82, 2.24) is 4.90 Å². The van der Waals surface area contributed by atoms with E-state index < -0.39 is 0 Å². The van der Waals surface area contributed by atoms with Gasteiger partial charge in [0.2, 0.25) is 0 Å². The van der Waals surface area contributed by atoms with Gasteiger partial charge in [-0.25, -0.2) is 0 Å². The summed E-state index contributed by atoms with van der Waals surface area (Å²) in [5.41, 5.74) is 0. The zero-order valence-electron chi connectivity index (χ0n) is 7.97. The quantitative estimate of drug-likeness (QED) is 0.526. The van der Waals surface area contributed by atoms with Crippen LogP contribution >= 0.6 is 0 Å². The van der Waals surface area contributed by atoms with E-state index in [2.05, 4.69) is 32.0 Å². The molecule has 1 heteroatoms. The third-order valence-electron chi connectivity index (χ3n) is 2.39. The molecule has 0 N–H and O–H groups in total. The number of rotatable bonds is 1. The molecule has 0 aromatic carbocycles. The molecule has 0 spiro atoms. The van der Waals surface area contributed by atoms with Gasteiger partial charge in [-0.15, -0.1) is 13.2 Å². The second-order valence-corrected chi connectivity index (χ2v) is 3.04. The highest BCUT2D eigenvalue weighted by Crippen LogP contribution is 2.16. The van der Waals surface area contributed by atoms with Gasteiger partial charge in [-0.2, -0.15) is 0 Å². The van der Waals surface area contributed by atoms with Crippen LogP contribution in [0.15, 0.2) is 13.2 Å². The van der Waals surface area contributed by atoms with Gasteiger partial charge < -0.3 is 4.90 Å². The number of nitrogens with zero attached hydrogens (tertiary/aromatic N) is 1. The van der Waals surface area contributed by atoms with E-state index in [0.29, 0.717) is 0 Å². The molecule has 0 bridgehead atoms. The number of piperidine rings is 1. The zero-order chi connectivity index (χ0) is 8.69. The lowest BCUT2D eigenvalue weighted by Crippen LogP contribution is -2.35. The first-order valence-electron chi connectivity index (χ1n) is 4.55. The summed E-state index contributed by atoms with van der Waals surface area (Å²) in [6, 6.07) is 0.888. The van der Waals surface area contributed by atoms with Gasteiger partial charge in [-0.3, -0.25) is 0 Å². The highest BCUT2D eigenvalue weighted by molar-refractivity contribution is 4.71. The van der Waals surface area contributed by atoms with Gasteiger partial charge in [0.1, 0.15) is 0 Å². The first kappa shape index (κ1) is 10.7. The predicted molar refractivity (Wildman–Crippen MR) is 51.8 cm³/mol. The van der Waals surface area contributed by atoms with Crippen LogP contribution in [0.4, 0.5) is 0 Å². The van der Waals surface area contributed by atoms with E-state index in [1.165, 1.54) is 32.2 Å². The SMILES string of the molecule is C=C.CC[C@@H]1CCCCN1C. The molecule has 1 nitrogen and oxygen atoms in total. The Morgan fingerprint density at radius 2 is 2.00 bits per heavy atom. The van der Waals surface area contributed by atoms with Crippen molar-refractivity contribution >= 4 is 0 Å². The highest BCUT2D eigenvalue weighted by Gasteiger charge is 2.15. The topological polar surface area (TPSA) is 3.24 Å². The first-order chi connectivity index (χ1) is 5.34. The maximum atomic E-state index is 3.00. The fourth-order valence-corrected chi connectivity index (χ4v) is 1.66. The minimum Gasteiger partial charge on any atom is -0.303 e. The highest BCUT2D eigenvalue weighted by atomic mass is 15.1. The van der Waals surface area contributed by atoms with Crippen molar-refractivity contribution in [2.75, 3.05) is 13.6 Å². The van der Waals surface area contributed by atoms with Gasteiger partial charge in [0.05, 0.1) is 0 Å². The van der Waals surface area contributed by atoms with Gasteiger partial charge >= 0.3 is 0 Å². The van der Waals surface area contributed by atoms with Crippen molar-refractivity contribution in [2.24, 2.45) is 0 Å². The van der Waals surface area contributed by atoms with Crippen molar-refractivity contribution in [3.63, 3.8) is 0 Å². The Labute approximate surface area is 71.1 Å². The Balaban J connectivity index is 0.000000461. The van der Waals surface area contributed by atoms with Crippen molar-refractivity contribution < 1.29 is 0 Å². The monoisotopic (exact) mass is 155 g/mol. The van der Waals surface area contributed by atoms with E-state index in [1.54, 1.807) is 0 Å². The van der Waals surface area contributed by atoms with Crippen LogP contribution in [0.3, 0.4) is 0 Å². The van der Waals surface area contributed by atoms with Gasteiger partial charge in [0, 0.05) is 6.04 Å². The molecule has 1 saturated heterocycles. The van der Waals surface area contributed by atoms with Crippen LogP contribution in [-0.2, 0) is 0 Å². The van der Waals surface area contributed by atoms with Crippen LogP contribution in [0.25, 0.3) is 0 Å². The van der Waals surface area contributed by atoms with Crippen LogP contribution in [0.2, 0.25) is 0 Å². The lowest BCUT2D eigenvalue weighted by molar-refractivity contribution is 0.181. The van der Waals surface area contributed by atoms with Crippen LogP contribution in [0.1, 0.15) is 32.6 Å². The van der Waals surface area contributed by atoms with Crippen LogP contribution < -0.4 is 0 Å². The maximum absolute atomic E-state index is 3.00. The smallest absolute Gasteiger partial charge is 0.00895 e. The van der Waals surface area contributed by atoms with Gasteiger partial charge in [0.15, 0.2) is 0 Å². The minimum atomic E-state index is 0.888. The molecule has 1 atom stereocenters. The average molecular weight is 155 g/mol. The molecular formula is C10H21N. The predicted octanol–water partition coefficient (Wildman–Crippen LogP) is 2.68. The van der Waals surface area contributed by atoms with E-state index in [4.69, 9.17) is 0 Å². The average Bonchev–Trinajstić information content (AvgIpc) is 2.09. The summed E-state index contributed by atoms with van der Waals surface area (Å²) >= 11 is 0. The third kappa shape index (κ3) is 3.57. The second-order valence-electron chi connectivity index (χ2n) is 3.04. The molecule has 0 unspecified atom stereocenters. The first-order valence-corrected chi connectivity index (χ1v) is 4.55. The third-order valence-corrected chi connectivity index (χ3v) is 2.39. The molecular weight excluding hydrogens is 134 g/mol. The molecule has 1 aliphatic rings. The van der Waals surface area contributed by atoms with Crippen LogP contribution in [0, 0.1) is 0 Å². The summed E-state index contributed by atoms with van der Waals surface area (Å²) in [4.78, 5) is 2.49. The standard InChI is InChI=1S/C8H17N.C2H4/c1-3-8-6-4-5-7-9(8)2;1-2/h8H,3-7H2,1-2H3;1-2H2/t8-;/m1./s1. The summed E-state index contributed by atoms with van der Waals surface area (Å²) in [6.45, 7) is 9.60. The number of hydrogen-bond acceptors (Lipinski definition) is 1. The molecule has 0 saturated carbocycles. The van der Waals surface area contributed by atoms with Gasteiger partial charge in [-0.05, 0) is 32.9 Å². The Morgan fingerprint density at radius 3 is 2.36 bits per heavy atom. The number of hydrogen-bond donors (Lipinski definition) is 0. The maximum Gasteiger partial charge on any atom is 0.00895 e. The van der Waals surface area contributed by atoms with E-state index in [0.717, 1.165) is 6.04 Å². The summed E-state index contributed by atoms with van der Waals surface area (Å²) < 4.78 is 0. The largest absolute Gasteiger partial charge is 0.303 e. The van der Waals surface area contributed by atoms with Crippen molar-refractivity contribution in [3.05, 3.63) is 13.2 Å². The summed E-state index contributed by atoms with van der Waals surface area (Å²) in [5, 5.41) is 0. The van der Waals surface area contributed by atoms with E-state index in [-0.39, 0.29) is 0 Å². The van der Waals surface area contributed by atoms with Crippen molar-refractivity contribution in [1.29, 1.82) is 0 Å². The fourth-order valence-electron chi connectivity index (χ4n) is 1.66. The molecule has 0 radical (unpaired) electrons. The van der Waals surface area contributed by atoms with Gasteiger partial charge in [-0.1, -0.05) is 13.3 Å². The van der Waals surface area contributed by atoms with Crippen LogP contribution in [-0.4, -0.2) is 24.5 Å². The molecule has 0 amide bonds. The van der Waals surface area contributed by atoms with Crippen molar-refractivity contribution in [3.8, 4) is 0 Å². The summed E-state index contributed by atoms with van der Waals surface area (Å²) in [7, 11) is 2.24. The molecule has 66 valence electrons. The molecule has 0 aromatic heterocycles. The lowest BCUT2D eigenvalue weighted by Gasteiger charge is -2.31. The van der Waals surface area contributed by atoms with Crippen molar-refractivity contribution in [2.45, 2.75) is 38.6 Å². The van der Waals surface area contributed by atoms with E-state index in [1.807, 2.05) is 0 Å². The molecule has 11 heavy (non-hydrogen) atoms. The normalized spacial score (nSPS) is 25.5. The Kier molecular flexibility index (Phi) is 6.24. The summed E-state index contributed by atoms with van der Waals surface area (Å²) in [6.07, 6.45) is 5.61. The fraction of sp³-hybridized carbons (Fsp3) is 0.800. The molecule has 1 aliphatic heterocycles. The van der Waals surface area contributed by atoms with E-state index >= 15 is 0 Å². The molecule has 0 aliphatic carbocycles. The molecule has 1 fully saturated rings. The Hall–Kier alpha value is -0.300. The van der Waals surface area contributed by atoms with Gasteiger partial charge in [0.25, 0.3) is 0 Å². The zero-order valence-corrected chi connectivity index (χ0v) is 7.97.